The quantitative estimate of drug-likeness (QED) is 0.829. The van der Waals surface area contributed by atoms with Crippen molar-refractivity contribution in [3.8, 4) is 0 Å². The van der Waals surface area contributed by atoms with Crippen molar-refractivity contribution in [1.82, 2.24) is 0 Å². The first-order valence-electron chi connectivity index (χ1n) is 5.13. The van der Waals surface area contributed by atoms with Gasteiger partial charge in [0.25, 0.3) is 0 Å². The lowest BCUT2D eigenvalue weighted by atomic mass is 9.89. The Balaban J connectivity index is 0.00000225. The van der Waals surface area contributed by atoms with Crippen molar-refractivity contribution in [2.45, 2.75) is 38.1 Å². The molecular formula is C11H18ClNO2S. The molecule has 0 radical (unpaired) electrons. The molecule has 0 unspecified atom stereocenters. The van der Waals surface area contributed by atoms with E-state index in [2.05, 4.69) is 0 Å². The number of nitrogens with two attached hydrogens (primary N) is 1. The van der Waals surface area contributed by atoms with Crippen LogP contribution in [-0.4, -0.2) is 16.6 Å². The number of halogens is 1. The molecule has 0 aliphatic rings. The number of unbranched alkanes of at least 4 members (excludes halogenated alkanes) is 1. The highest BCUT2D eigenvalue weighted by Crippen LogP contribution is 2.21. The van der Waals surface area contributed by atoms with Crippen LogP contribution in [0, 0.1) is 0 Å². The molecule has 3 nitrogen and oxygen atoms in total. The van der Waals surface area contributed by atoms with Crippen LogP contribution in [0.3, 0.4) is 0 Å². The van der Waals surface area contributed by atoms with Gasteiger partial charge in [-0.25, -0.2) is 0 Å². The first-order chi connectivity index (χ1) is 7.08. The van der Waals surface area contributed by atoms with Gasteiger partial charge < -0.3 is 10.8 Å². The predicted octanol–water partition coefficient (Wildman–Crippen LogP) is 2.68. The van der Waals surface area contributed by atoms with Crippen LogP contribution >= 0.6 is 23.7 Å². The first kappa shape index (κ1) is 15.4. The van der Waals surface area contributed by atoms with E-state index in [0.717, 1.165) is 17.7 Å². The van der Waals surface area contributed by atoms with Crippen LogP contribution < -0.4 is 5.73 Å². The second-order valence-electron chi connectivity index (χ2n) is 3.82. The molecule has 3 N–H and O–H groups in total. The fraction of sp³-hybridized carbons (Fsp3) is 0.545. The molecule has 0 bridgehead atoms. The summed E-state index contributed by atoms with van der Waals surface area (Å²) in [6.45, 7) is 2.04. The third-order valence-electron chi connectivity index (χ3n) is 2.47. The van der Waals surface area contributed by atoms with Gasteiger partial charge in [0.05, 0.1) is 0 Å². The molecule has 0 aromatic carbocycles. The molecule has 1 atom stereocenters. The summed E-state index contributed by atoms with van der Waals surface area (Å²) < 4.78 is 0. The summed E-state index contributed by atoms with van der Waals surface area (Å²) in [7, 11) is 0. The largest absolute Gasteiger partial charge is 0.480 e. The average Bonchev–Trinajstić information content (AvgIpc) is 2.67. The lowest BCUT2D eigenvalue weighted by Crippen LogP contribution is -2.49. The van der Waals surface area contributed by atoms with E-state index >= 15 is 0 Å². The molecule has 92 valence electrons. The molecule has 5 heteroatoms. The van der Waals surface area contributed by atoms with Crippen LogP contribution in [0.25, 0.3) is 0 Å². The van der Waals surface area contributed by atoms with Crippen LogP contribution in [0.5, 0.6) is 0 Å². The summed E-state index contributed by atoms with van der Waals surface area (Å²) in [6.07, 6.45) is 2.79. The maximum atomic E-state index is 11.1. The van der Waals surface area contributed by atoms with Crippen LogP contribution in [0.1, 0.15) is 31.1 Å². The third-order valence-corrected chi connectivity index (χ3v) is 3.35. The van der Waals surface area contributed by atoms with E-state index in [1.54, 1.807) is 11.3 Å². The van der Waals surface area contributed by atoms with Crippen LogP contribution in [0.4, 0.5) is 0 Å². The summed E-state index contributed by atoms with van der Waals surface area (Å²) in [5, 5.41) is 11.1. The van der Waals surface area contributed by atoms with Crippen molar-refractivity contribution in [2.75, 3.05) is 0 Å². The Bertz CT molecular complexity index is 316. The van der Waals surface area contributed by atoms with E-state index in [9.17, 15) is 4.79 Å². The summed E-state index contributed by atoms with van der Waals surface area (Å²) in [4.78, 5) is 12.2. The average molecular weight is 264 g/mol. The lowest BCUT2D eigenvalue weighted by Gasteiger charge is -2.23. The van der Waals surface area contributed by atoms with Gasteiger partial charge in [0.2, 0.25) is 0 Å². The molecular weight excluding hydrogens is 246 g/mol. The van der Waals surface area contributed by atoms with E-state index < -0.39 is 11.5 Å². The molecule has 0 aliphatic heterocycles. The molecule has 1 aromatic rings. The van der Waals surface area contributed by atoms with E-state index in [0.29, 0.717) is 12.8 Å². The molecule has 16 heavy (non-hydrogen) atoms. The minimum atomic E-state index is -1.10. The summed E-state index contributed by atoms with van der Waals surface area (Å²) in [5.74, 6) is -0.899. The first-order valence-corrected chi connectivity index (χ1v) is 6.01. The monoisotopic (exact) mass is 263 g/mol. The summed E-state index contributed by atoms with van der Waals surface area (Å²) in [5.41, 5.74) is 4.83. The van der Waals surface area contributed by atoms with Gasteiger partial charge in [-0.15, -0.1) is 23.7 Å². The van der Waals surface area contributed by atoms with Crippen molar-refractivity contribution in [3.05, 3.63) is 22.4 Å². The van der Waals surface area contributed by atoms with Crippen molar-refractivity contribution in [1.29, 1.82) is 0 Å². The Morgan fingerprint density at radius 2 is 2.31 bits per heavy atom. The standard InChI is InChI=1S/C11H17NO2S.ClH/c1-2-3-6-11(12,10(13)14)8-9-5-4-7-15-9;/h4-5,7H,2-3,6,8,12H2,1H3,(H,13,14);1H/t11-;/m0./s1. The molecule has 0 amide bonds. The maximum absolute atomic E-state index is 11.1. The number of hydrogen-bond acceptors (Lipinski definition) is 3. The molecule has 0 saturated heterocycles. The van der Waals surface area contributed by atoms with Gasteiger partial charge in [0, 0.05) is 11.3 Å². The van der Waals surface area contributed by atoms with Gasteiger partial charge in [0.1, 0.15) is 5.54 Å². The predicted molar refractivity (Wildman–Crippen MR) is 69.4 cm³/mol. The van der Waals surface area contributed by atoms with Gasteiger partial charge in [-0.1, -0.05) is 25.8 Å². The van der Waals surface area contributed by atoms with Gasteiger partial charge in [-0.2, -0.15) is 0 Å². The van der Waals surface area contributed by atoms with E-state index in [4.69, 9.17) is 10.8 Å². The zero-order valence-electron chi connectivity index (χ0n) is 9.31. The van der Waals surface area contributed by atoms with Crippen LogP contribution in [0.15, 0.2) is 17.5 Å². The van der Waals surface area contributed by atoms with Gasteiger partial charge in [-0.3, -0.25) is 4.79 Å². The topological polar surface area (TPSA) is 63.3 Å². The highest BCUT2D eigenvalue weighted by Gasteiger charge is 2.33. The number of carbonyl (C=O) groups is 1. The molecule has 0 fully saturated rings. The van der Waals surface area contributed by atoms with Gasteiger partial charge >= 0.3 is 5.97 Å². The zero-order valence-corrected chi connectivity index (χ0v) is 10.9. The lowest BCUT2D eigenvalue weighted by molar-refractivity contribution is -0.143. The van der Waals surface area contributed by atoms with Crippen molar-refractivity contribution >= 4 is 29.7 Å². The minimum absolute atomic E-state index is 0. The van der Waals surface area contributed by atoms with E-state index in [1.165, 1.54) is 0 Å². The molecule has 1 aromatic heterocycles. The fourth-order valence-corrected chi connectivity index (χ4v) is 2.32. The van der Waals surface area contributed by atoms with Crippen LogP contribution in [0.2, 0.25) is 0 Å². The second-order valence-corrected chi connectivity index (χ2v) is 4.85. The van der Waals surface area contributed by atoms with Crippen molar-refractivity contribution in [3.63, 3.8) is 0 Å². The van der Waals surface area contributed by atoms with E-state index in [1.807, 2.05) is 24.4 Å². The third kappa shape index (κ3) is 4.12. The van der Waals surface area contributed by atoms with Crippen LogP contribution in [-0.2, 0) is 11.2 Å². The fourth-order valence-electron chi connectivity index (χ4n) is 1.49. The maximum Gasteiger partial charge on any atom is 0.324 e. The van der Waals surface area contributed by atoms with Gasteiger partial charge in [-0.05, 0) is 17.9 Å². The Kier molecular flexibility index (Phi) is 6.64. The highest BCUT2D eigenvalue weighted by molar-refractivity contribution is 7.09. The SMILES string of the molecule is CCCC[C@](N)(Cc1cccs1)C(=O)O.Cl. The van der Waals surface area contributed by atoms with E-state index in [-0.39, 0.29) is 12.4 Å². The smallest absolute Gasteiger partial charge is 0.324 e. The number of rotatable bonds is 6. The van der Waals surface area contributed by atoms with Crippen molar-refractivity contribution in [2.24, 2.45) is 5.73 Å². The normalized spacial score (nSPS) is 13.9. The Morgan fingerprint density at radius 1 is 1.62 bits per heavy atom. The highest BCUT2D eigenvalue weighted by atomic mass is 35.5. The zero-order chi connectivity index (χ0) is 11.3. The molecule has 1 rings (SSSR count). The Morgan fingerprint density at radius 3 is 2.75 bits per heavy atom. The Hall–Kier alpha value is -0.580. The summed E-state index contributed by atoms with van der Waals surface area (Å²) >= 11 is 1.56. The van der Waals surface area contributed by atoms with Gasteiger partial charge in [0.15, 0.2) is 0 Å². The summed E-state index contributed by atoms with van der Waals surface area (Å²) in [6, 6.07) is 3.85. The number of carboxylic acid groups (broad SMARTS) is 1. The van der Waals surface area contributed by atoms with Crippen molar-refractivity contribution < 1.29 is 9.90 Å². The Labute approximate surface area is 106 Å². The number of thiophene rings is 1. The number of aliphatic carboxylic acids is 1. The molecule has 0 spiro atoms. The number of carboxylic acids is 1. The molecule has 0 saturated carbocycles. The molecule has 1 heterocycles. The minimum Gasteiger partial charge on any atom is -0.480 e. The molecule has 0 aliphatic carbocycles. The second kappa shape index (κ2) is 6.89. The number of hydrogen-bond donors (Lipinski definition) is 2.